The Morgan fingerprint density at radius 3 is 2.70 bits per heavy atom. The number of benzene rings is 1. The van der Waals surface area contributed by atoms with Gasteiger partial charge in [-0.3, -0.25) is 0 Å². The van der Waals surface area contributed by atoms with Gasteiger partial charge in [0.15, 0.2) is 0 Å². The highest BCUT2D eigenvalue weighted by Crippen LogP contribution is 2.39. The summed E-state index contributed by atoms with van der Waals surface area (Å²) in [6.45, 7) is 2.68. The van der Waals surface area contributed by atoms with Gasteiger partial charge in [0, 0.05) is 12.0 Å². The van der Waals surface area contributed by atoms with E-state index in [1.165, 1.54) is 37.7 Å². The number of nitrogens with two attached hydrogens (primary N) is 1. The lowest BCUT2D eigenvalue weighted by Gasteiger charge is -2.37. The average Bonchev–Trinajstić information content (AvgIpc) is 2.95. The summed E-state index contributed by atoms with van der Waals surface area (Å²) >= 11 is 0. The van der Waals surface area contributed by atoms with Gasteiger partial charge in [-0.2, -0.15) is 15.0 Å². The summed E-state index contributed by atoms with van der Waals surface area (Å²) in [6.07, 6.45) is 8.06. The molecule has 0 unspecified atom stereocenters. The van der Waals surface area contributed by atoms with E-state index in [1.807, 2.05) is 6.92 Å². The van der Waals surface area contributed by atoms with E-state index in [1.54, 1.807) is 11.0 Å². The molecule has 0 radical (unpaired) electrons. The molecule has 4 heteroatoms. The zero-order chi connectivity index (χ0) is 14.0. The predicted octanol–water partition coefficient (Wildman–Crippen LogP) is 2.74. The van der Waals surface area contributed by atoms with Gasteiger partial charge >= 0.3 is 0 Å². The number of aromatic nitrogens is 3. The van der Waals surface area contributed by atoms with Crippen LogP contribution in [0.1, 0.15) is 43.4 Å². The van der Waals surface area contributed by atoms with Crippen molar-refractivity contribution in [2.75, 3.05) is 6.54 Å². The third kappa shape index (κ3) is 2.36. The van der Waals surface area contributed by atoms with Crippen LogP contribution in [-0.4, -0.2) is 21.5 Å². The highest BCUT2D eigenvalue weighted by molar-refractivity contribution is 5.38. The molecule has 2 N–H and O–H groups in total. The van der Waals surface area contributed by atoms with Crippen LogP contribution in [0.5, 0.6) is 0 Å². The van der Waals surface area contributed by atoms with Crippen LogP contribution in [0.15, 0.2) is 30.5 Å². The van der Waals surface area contributed by atoms with Gasteiger partial charge in [-0.1, -0.05) is 31.4 Å². The van der Waals surface area contributed by atoms with E-state index in [0.717, 1.165) is 17.9 Å². The SMILES string of the molecule is Cc1cnn(-c2cccc(C3(CN)CCCCC3)c2)n1. The van der Waals surface area contributed by atoms with Crippen molar-refractivity contribution in [2.45, 2.75) is 44.4 Å². The number of aryl methyl sites for hydroxylation is 1. The standard InChI is InChI=1S/C16H22N4/c1-13-11-18-20(19-13)15-7-5-6-14(10-15)16(12-17)8-3-2-4-9-16/h5-7,10-11H,2-4,8-9,12,17H2,1H3. The van der Waals surface area contributed by atoms with E-state index in [2.05, 4.69) is 34.5 Å². The van der Waals surface area contributed by atoms with Gasteiger partial charge in [-0.25, -0.2) is 0 Å². The first kappa shape index (κ1) is 13.3. The molecule has 1 aromatic heterocycles. The molecule has 106 valence electrons. The molecule has 0 spiro atoms. The molecule has 3 rings (SSSR count). The van der Waals surface area contributed by atoms with Crippen LogP contribution in [-0.2, 0) is 5.41 Å². The summed E-state index contributed by atoms with van der Waals surface area (Å²) in [5, 5.41) is 8.69. The minimum Gasteiger partial charge on any atom is -0.330 e. The Hall–Kier alpha value is -1.68. The first-order valence-electron chi connectivity index (χ1n) is 7.43. The molecule has 0 amide bonds. The number of rotatable bonds is 3. The topological polar surface area (TPSA) is 56.7 Å². The molecule has 1 aromatic carbocycles. The van der Waals surface area contributed by atoms with E-state index < -0.39 is 0 Å². The Kier molecular flexibility index (Phi) is 3.57. The lowest BCUT2D eigenvalue weighted by atomic mass is 9.69. The second-order valence-corrected chi connectivity index (χ2v) is 5.87. The highest BCUT2D eigenvalue weighted by atomic mass is 15.5. The van der Waals surface area contributed by atoms with Gasteiger partial charge < -0.3 is 5.73 Å². The largest absolute Gasteiger partial charge is 0.330 e. The van der Waals surface area contributed by atoms with Crippen molar-refractivity contribution >= 4 is 0 Å². The molecule has 4 nitrogen and oxygen atoms in total. The van der Waals surface area contributed by atoms with Crippen LogP contribution in [0.25, 0.3) is 5.69 Å². The van der Waals surface area contributed by atoms with E-state index in [0.29, 0.717) is 0 Å². The molecule has 1 aliphatic carbocycles. The van der Waals surface area contributed by atoms with Crippen molar-refractivity contribution < 1.29 is 0 Å². The van der Waals surface area contributed by atoms with Crippen molar-refractivity contribution in [3.8, 4) is 5.69 Å². The lowest BCUT2D eigenvalue weighted by Crippen LogP contribution is -2.37. The molecule has 20 heavy (non-hydrogen) atoms. The Labute approximate surface area is 120 Å². The lowest BCUT2D eigenvalue weighted by molar-refractivity contribution is 0.300. The molecule has 0 saturated heterocycles. The fraction of sp³-hybridized carbons (Fsp3) is 0.500. The van der Waals surface area contributed by atoms with Crippen molar-refractivity contribution in [1.82, 2.24) is 15.0 Å². The van der Waals surface area contributed by atoms with E-state index in [4.69, 9.17) is 5.73 Å². The average molecular weight is 270 g/mol. The van der Waals surface area contributed by atoms with Crippen LogP contribution in [0.3, 0.4) is 0 Å². The summed E-state index contributed by atoms with van der Waals surface area (Å²) in [4.78, 5) is 1.70. The fourth-order valence-corrected chi connectivity index (χ4v) is 3.26. The van der Waals surface area contributed by atoms with Crippen LogP contribution in [0.2, 0.25) is 0 Å². The van der Waals surface area contributed by atoms with Gasteiger partial charge in [0.25, 0.3) is 0 Å². The second kappa shape index (κ2) is 5.37. The first-order chi connectivity index (χ1) is 9.73. The quantitative estimate of drug-likeness (QED) is 0.933. The smallest absolute Gasteiger partial charge is 0.0859 e. The first-order valence-corrected chi connectivity index (χ1v) is 7.43. The highest BCUT2D eigenvalue weighted by Gasteiger charge is 2.32. The summed E-state index contributed by atoms with van der Waals surface area (Å²) in [5.41, 5.74) is 9.57. The molecule has 0 atom stereocenters. The Morgan fingerprint density at radius 1 is 1.25 bits per heavy atom. The molecule has 0 aliphatic heterocycles. The maximum absolute atomic E-state index is 6.13. The minimum absolute atomic E-state index is 0.149. The normalized spacial score (nSPS) is 18.1. The molecule has 0 bridgehead atoms. The Bertz CT molecular complexity index is 582. The van der Waals surface area contributed by atoms with Gasteiger partial charge in [-0.15, -0.1) is 0 Å². The van der Waals surface area contributed by atoms with Gasteiger partial charge in [0.2, 0.25) is 0 Å². The number of nitrogens with zero attached hydrogens (tertiary/aromatic N) is 3. The van der Waals surface area contributed by atoms with E-state index >= 15 is 0 Å². The van der Waals surface area contributed by atoms with Crippen LogP contribution in [0, 0.1) is 6.92 Å². The summed E-state index contributed by atoms with van der Waals surface area (Å²) < 4.78 is 0. The zero-order valence-corrected chi connectivity index (χ0v) is 12.0. The van der Waals surface area contributed by atoms with Crippen molar-refractivity contribution in [3.63, 3.8) is 0 Å². The Balaban J connectivity index is 1.98. The fourth-order valence-electron chi connectivity index (χ4n) is 3.26. The monoisotopic (exact) mass is 270 g/mol. The summed E-state index contributed by atoms with van der Waals surface area (Å²) in [5.74, 6) is 0. The zero-order valence-electron chi connectivity index (χ0n) is 12.0. The predicted molar refractivity (Wildman–Crippen MR) is 79.9 cm³/mol. The maximum Gasteiger partial charge on any atom is 0.0859 e. The molecular weight excluding hydrogens is 248 g/mol. The van der Waals surface area contributed by atoms with E-state index in [9.17, 15) is 0 Å². The molecule has 1 fully saturated rings. The third-order valence-electron chi connectivity index (χ3n) is 4.50. The van der Waals surface area contributed by atoms with Crippen LogP contribution >= 0.6 is 0 Å². The van der Waals surface area contributed by atoms with Crippen molar-refractivity contribution in [3.05, 3.63) is 41.7 Å². The number of hydrogen-bond donors (Lipinski definition) is 1. The van der Waals surface area contributed by atoms with Gasteiger partial charge in [-0.05, 0) is 37.5 Å². The minimum atomic E-state index is 0.149. The second-order valence-electron chi connectivity index (χ2n) is 5.87. The van der Waals surface area contributed by atoms with Gasteiger partial charge in [0.1, 0.15) is 0 Å². The van der Waals surface area contributed by atoms with Crippen molar-refractivity contribution in [2.24, 2.45) is 5.73 Å². The molecule has 1 heterocycles. The summed E-state index contributed by atoms with van der Waals surface area (Å²) in [6, 6.07) is 8.56. The van der Waals surface area contributed by atoms with Crippen LogP contribution < -0.4 is 5.73 Å². The Morgan fingerprint density at radius 2 is 2.05 bits per heavy atom. The van der Waals surface area contributed by atoms with Crippen LogP contribution in [0.4, 0.5) is 0 Å². The third-order valence-corrected chi connectivity index (χ3v) is 4.50. The molecule has 1 aliphatic rings. The summed E-state index contributed by atoms with van der Waals surface area (Å²) in [7, 11) is 0. The maximum atomic E-state index is 6.13. The van der Waals surface area contributed by atoms with Gasteiger partial charge in [0.05, 0.1) is 17.6 Å². The van der Waals surface area contributed by atoms with E-state index in [-0.39, 0.29) is 5.41 Å². The molecule has 2 aromatic rings. The number of hydrogen-bond acceptors (Lipinski definition) is 3. The molecule has 1 saturated carbocycles. The van der Waals surface area contributed by atoms with Crippen molar-refractivity contribution in [1.29, 1.82) is 0 Å². The molecular formula is C16H22N4.